The molecule has 1 unspecified atom stereocenters. The van der Waals surface area contributed by atoms with E-state index in [4.69, 9.17) is 16.3 Å². The van der Waals surface area contributed by atoms with Crippen molar-refractivity contribution in [2.24, 2.45) is 0 Å². The van der Waals surface area contributed by atoms with E-state index in [2.05, 4.69) is 0 Å². The highest BCUT2D eigenvalue weighted by Crippen LogP contribution is 2.38. The SMILES string of the molecule is CC1=C(C(=O)OC(C)C)C(c2ccc(Cl)cc2)CC(=O)N1Cc1cccc(F)c1F. The summed E-state index contributed by atoms with van der Waals surface area (Å²) in [6.45, 7) is 4.91. The van der Waals surface area contributed by atoms with Crippen molar-refractivity contribution in [3.05, 3.63) is 81.5 Å². The Morgan fingerprint density at radius 3 is 2.50 bits per heavy atom. The average molecular weight is 434 g/mol. The molecule has 1 aliphatic rings. The Balaban J connectivity index is 2.05. The fourth-order valence-corrected chi connectivity index (χ4v) is 3.69. The second-order valence-corrected chi connectivity index (χ2v) is 7.89. The number of esters is 1. The summed E-state index contributed by atoms with van der Waals surface area (Å²) in [5, 5.41) is 0.538. The van der Waals surface area contributed by atoms with Crippen molar-refractivity contribution < 1.29 is 23.1 Å². The van der Waals surface area contributed by atoms with Crippen LogP contribution in [0.1, 0.15) is 44.2 Å². The van der Waals surface area contributed by atoms with E-state index in [-0.39, 0.29) is 30.5 Å². The summed E-state index contributed by atoms with van der Waals surface area (Å²) in [4.78, 5) is 27.2. The van der Waals surface area contributed by atoms with Crippen LogP contribution in [0.3, 0.4) is 0 Å². The Bertz CT molecular complexity index is 1000. The summed E-state index contributed by atoms with van der Waals surface area (Å²) in [5.41, 5.74) is 1.46. The predicted molar refractivity (Wildman–Crippen MR) is 110 cm³/mol. The van der Waals surface area contributed by atoms with Gasteiger partial charge < -0.3 is 9.64 Å². The molecular weight excluding hydrogens is 412 g/mol. The van der Waals surface area contributed by atoms with Crippen LogP contribution in [0.25, 0.3) is 0 Å². The van der Waals surface area contributed by atoms with Crippen molar-refractivity contribution in [3.63, 3.8) is 0 Å². The number of nitrogens with zero attached hydrogens (tertiary/aromatic N) is 1. The van der Waals surface area contributed by atoms with Gasteiger partial charge in [0.15, 0.2) is 11.6 Å². The number of carbonyl (C=O) groups excluding carboxylic acids is 2. The van der Waals surface area contributed by atoms with Crippen LogP contribution < -0.4 is 0 Å². The molecule has 2 aromatic carbocycles. The normalized spacial score (nSPS) is 17.0. The van der Waals surface area contributed by atoms with Crippen molar-refractivity contribution in [2.45, 2.75) is 45.8 Å². The molecule has 1 aliphatic heterocycles. The molecule has 1 heterocycles. The Morgan fingerprint density at radius 1 is 1.20 bits per heavy atom. The van der Waals surface area contributed by atoms with Crippen molar-refractivity contribution in [2.75, 3.05) is 0 Å². The number of benzene rings is 2. The molecule has 0 aliphatic carbocycles. The molecule has 2 aromatic rings. The van der Waals surface area contributed by atoms with E-state index in [1.165, 1.54) is 17.0 Å². The lowest BCUT2D eigenvalue weighted by molar-refractivity contribution is -0.143. The van der Waals surface area contributed by atoms with Gasteiger partial charge in [-0.05, 0) is 44.5 Å². The lowest BCUT2D eigenvalue weighted by Crippen LogP contribution is -2.38. The first kappa shape index (κ1) is 22.0. The van der Waals surface area contributed by atoms with E-state index in [1.54, 1.807) is 45.0 Å². The maximum atomic E-state index is 14.2. The molecule has 4 nitrogen and oxygen atoms in total. The van der Waals surface area contributed by atoms with Gasteiger partial charge >= 0.3 is 5.97 Å². The molecule has 0 spiro atoms. The van der Waals surface area contributed by atoms with Crippen molar-refractivity contribution in [3.8, 4) is 0 Å². The first-order valence-electron chi connectivity index (χ1n) is 9.59. The van der Waals surface area contributed by atoms with Gasteiger partial charge in [0.2, 0.25) is 5.91 Å². The summed E-state index contributed by atoms with van der Waals surface area (Å²) >= 11 is 5.97. The van der Waals surface area contributed by atoms with Gasteiger partial charge in [0.1, 0.15) is 0 Å². The Hall–Kier alpha value is -2.73. The first-order valence-corrected chi connectivity index (χ1v) is 9.97. The topological polar surface area (TPSA) is 46.6 Å². The summed E-state index contributed by atoms with van der Waals surface area (Å²) in [6, 6.07) is 10.7. The number of hydrogen-bond donors (Lipinski definition) is 0. The van der Waals surface area contributed by atoms with Gasteiger partial charge in [0.05, 0.1) is 18.2 Å². The molecule has 1 amide bonds. The van der Waals surface area contributed by atoms with Gasteiger partial charge in [-0.3, -0.25) is 4.79 Å². The summed E-state index contributed by atoms with van der Waals surface area (Å²) in [5.74, 6) is -3.35. The van der Waals surface area contributed by atoms with E-state index in [1.807, 2.05) is 0 Å². The van der Waals surface area contributed by atoms with Crippen LogP contribution in [-0.2, 0) is 20.9 Å². The zero-order valence-corrected chi connectivity index (χ0v) is 17.7. The highest BCUT2D eigenvalue weighted by Gasteiger charge is 2.37. The minimum atomic E-state index is -1.01. The minimum absolute atomic E-state index is 0.00155. The van der Waals surface area contributed by atoms with Crippen LogP contribution in [0.15, 0.2) is 53.7 Å². The molecule has 158 valence electrons. The minimum Gasteiger partial charge on any atom is -0.460 e. The number of rotatable bonds is 5. The Labute approximate surface area is 179 Å². The fraction of sp³-hybridized carbons (Fsp3) is 0.304. The van der Waals surface area contributed by atoms with Crippen LogP contribution in [0.2, 0.25) is 5.02 Å². The van der Waals surface area contributed by atoms with Crippen LogP contribution in [0.5, 0.6) is 0 Å². The Kier molecular flexibility index (Phi) is 6.56. The molecule has 30 heavy (non-hydrogen) atoms. The molecule has 0 radical (unpaired) electrons. The van der Waals surface area contributed by atoms with E-state index < -0.39 is 23.5 Å². The highest BCUT2D eigenvalue weighted by atomic mass is 35.5. The fourth-order valence-electron chi connectivity index (χ4n) is 3.57. The first-order chi connectivity index (χ1) is 14.2. The third-order valence-corrected chi connectivity index (χ3v) is 5.27. The molecular formula is C23H22ClF2NO3. The summed E-state index contributed by atoms with van der Waals surface area (Å²) in [6.07, 6.45) is -0.353. The monoisotopic (exact) mass is 433 g/mol. The molecule has 3 rings (SSSR count). The third kappa shape index (κ3) is 4.54. The second kappa shape index (κ2) is 8.96. The lowest BCUT2D eigenvalue weighted by atomic mass is 9.83. The largest absolute Gasteiger partial charge is 0.460 e. The van der Waals surface area contributed by atoms with Gasteiger partial charge in [-0.1, -0.05) is 35.9 Å². The smallest absolute Gasteiger partial charge is 0.336 e. The number of allylic oxidation sites excluding steroid dienone is 1. The molecule has 0 bridgehead atoms. The number of ether oxygens (including phenoxy) is 1. The highest BCUT2D eigenvalue weighted by molar-refractivity contribution is 6.30. The quantitative estimate of drug-likeness (QED) is 0.596. The van der Waals surface area contributed by atoms with Gasteiger partial charge in [0, 0.05) is 28.6 Å². The zero-order chi connectivity index (χ0) is 22.0. The van der Waals surface area contributed by atoms with E-state index in [9.17, 15) is 18.4 Å². The summed E-state index contributed by atoms with van der Waals surface area (Å²) in [7, 11) is 0. The molecule has 0 aromatic heterocycles. The van der Waals surface area contributed by atoms with E-state index in [0.717, 1.165) is 11.6 Å². The zero-order valence-electron chi connectivity index (χ0n) is 16.9. The predicted octanol–water partition coefficient (Wildman–Crippen LogP) is 5.36. The molecule has 0 N–H and O–H groups in total. The molecule has 1 atom stereocenters. The number of amides is 1. The molecule has 0 saturated heterocycles. The van der Waals surface area contributed by atoms with Crippen molar-refractivity contribution in [1.29, 1.82) is 0 Å². The van der Waals surface area contributed by atoms with Gasteiger partial charge in [-0.2, -0.15) is 0 Å². The molecule has 0 fully saturated rings. The number of carbonyl (C=O) groups is 2. The van der Waals surface area contributed by atoms with Gasteiger partial charge in [-0.15, -0.1) is 0 Å². The van der Waals surface area contributed by atoms with E-state index in [0.29, 0.717) is 16.3 Å². The van der Waals surface area contributed by atoms with Crippen LogP contribution in [0, 0.1) is 11.6 Å². The van der Waals surface area contributed by atoms with Crippen LogP contribution in [-0.4, -0.2) is 22.9 Å². The maximum Gasteiger partial charge on any atom is 0.336 e. The lowest BCUT2D eigenvalue weighted by Gasteiger charge is -2.35. The van der Waals surface area contributed by atoms with Crippen molar-refractivity contribution in [1.82, 2.24) is 4.90 Å². The summed E-state index contributed by atoms with van der Waals surface area (Å²) < 4.78 is 33.2. The second-order valence-electron chi connectivity index (χ2n) is 7.45. The molecule has 0 saturated carbocycles. The van der Waals surface area contributed by atoms with E-state index >= 15 is 0 Å². The average Bonchev–Trinajstić information content (AvgIpc) is 2.67. The number of halogens is 3. The molecule has 7 heteroatoms. The van der Waals surface area contributed by atoms with Gasteiger partial charge in [-0.25, -0.2) is 13.6 Å². The van der Waals surface area contributed by atoms with Crippen molar-refractivity contribution >= 4 is 23.5 Å². The van der Waals surface area contributed by atoms with Crippen LogP contribution in [0.4, 0.5) is 8.78 Å². The van der Waals surface area contributed by atoms with Crippen LogP contribution >= 0.6 is 11.6 Å². The maximum absolute atomic E-state index is 14.2. The number of hydrogen-bond acceptors (Lipinski definition) is 3. The standard InChI is InChI=1S/C23H22ClF2NO3/c1-13(2)30-23(29)21-14(3)27(12-16-5-4-6-19(25)22(16)26)20(28)11-18(21)15-7-9-17(24)10-8-15/h4-10,13,18H,11-12H2,1-3H3. The Morgan fingerprint density at radius 2 is 1.87 bits per heavy atom. The van der Waals surface area contributed by atoms with Gasteiger partial charge in [0.25, 0.3) is 0 Å². The third-order valence-electron chi connectivity index (χ3n) is 5.02.